The normalized spacial score (nSPS) is 11.9. The van der Waals surface area contributed by atoms with Gasteiger partial charge in [-0.05, 0) is 17.7 Å². The van der Waals surface area contributed by atoms with Gasteiger partial charge in [0, 0.05) is 41.8 Å². The zero-order chi connectivity index (χ0) is 24.8. The molecule has 176 valence electrons. The first-order chi connectivity index (χ1) is 18.2. The van der Waals surface area contributed by atoms with Gasteiger partial charge in [-0.25, -0.2) is 4.98 Å². The number of para-hydroxylation sites is 1. The molecular formula is C33H22NOPS. The fourth-order valence-corrected chi connectivity index (χ4v) is 9.02. The van der Waals surface area contributed by atoms with Crippen molar-refractivity contribution in [3.8, 4) is 21.7 Å². The molecule has 5 aromatic carbocycles. The molecule has 0 aliphatic carbocycles. The molecule has 0 atom stereocenters. The quantitative estimate of drug-likeness (QED) is 0.225. The van der Waals surface area contributed by atoms with Crippen molar-refractivity contribution in [1.82, 2.24) is 4.98 Å². The van der Waals surface area contributed by atoms with Crippen molar-refractivity contribution >= 4 is 55.4 Å². The first-order valence-corrected chi connectivity index (χ1v) is 14.8. The van der Waals surface area contributed by atoms with Crippen molar-refractivity contribution in [2.24, 2.45) is 0 Å². The van der Waals surface area contributed by atoms with Crippen molar-refractivity contribution in [2.45, 2.75) is 0 Å². The molecule has 5 aromatic rings. The summed E-state index contributed by atoms with van der Waals surface area (Å²) in [5.41, 5.74) is 4.34. The topological polar surface area (TPSA) is 30.0 Å². The van der Waals surface area contributed by atoms with E-state index in [0.29, 0.717) is 0 Å². The zero-order valence-electron chi connectivity index (χ0n) is 19.9. The van der Waals surface area contributed by atoms with E-state index in [0.717, 1.165) is 38.1 Å². The lowest BCUT2D eigenvalue weighted by Gasteiger charge is -2.20. The molecule has 0 radical (unpaired) electrons. The monoisotopic (exact) mass is 511 g/mol. The number of hydrogen-bond acceptors (Lipinski definition) is 3. The summed E-state index contributed by atoms with van der Waals surface area (Å²) in [6, 6.07) is 44.8. The second-order valence-corrected chi connectivity index (χ2v) is 12.9. The number of nitrogens with zero attached hydrogens (tertiary/aromatic N) is 1. The van der Waals surface area contributed by atoms with Crippen LogP contribution in [-0.4, -0.2) is 4.98 Å². The molecule has 0 saturated heterocycles. The fraction of sp³-hybridized carbons (Fsp3) is 0. The van der Waals surface area contributed by atoms with Crippen LogP contribution in [0.2, 0.25) is 0 Å². The van der Waals surface area contributed by atoms with Crippen LogP contribution in [-0.2, 0) is 4.57 Å². The third kappa shape index (κ3) is 3.54. The van der Waals surface area contributed by atoms with Gasteiger partial charge in [0.15, 0.2) is 7.14 Å². The molecule has 2 nitrogen and oxygen atoms in total. The van der Waals surface area contributed by atoms with Crippen molar-refractivity contribution in [1.29, 1.82) is 0 Å². The van der Waals surface area contributed by atoms with E-state index in [2.05, 4.69) is 54.6 Å². The van der Waals surface area contributed by atoms with Crippen LogP contribution in [0.5, 0.6) is 0 Å². The summed E-state index contributed by atoms with van der Waals surface area (Å²) in [6.45, 7) is 0. The van der Waals surface area contributed by atoms with Gasteiger partial charge in [-0.15, -0.1) is 11.3 Å². The molecule has 0 fully saturated rings. The molecule has 0 amide bonds. The van der Waals surface area contributed by atoms with Gasteiger partial charge in [0.25, 0.3) is 0 Å². The molecule has 2 heterocycles. The van der Waals surface area contributed by atoms with E-state index in [-0.39, 0.29) is 0 Å². The van der Waals surface area contributed by atoms with E-state index in [1.807, 2.05) is 78.9 Å². The maximum absolute atomic E-state index is 14.8. The van der Waals surface area contributed by atoms with Gasteiger partial charge >= 0.3 is 0 Å². The van der Waals surface area contributed by atoms with Crippen LogP contribution >= 0.6 is 18.5 Å². The van der Waals surface area contributed by atoms with Crippen molar-refractivity contribution in [3.63, 3.8) is 0 Å². The van der Waals surface area contributed by atoms with Crippen LogP contribution in [0.4, 0.5) is 0 Å². The predicted molar refractivity (Wildman–Crippen MR) is 159 cm³/mol. The first kappa shape index (κ1) is 22.2. The molecule has 0 bridgehead atoms. The van der Waals surface area contributed by atoms with Gasteiger partial charge in [-0.1, -0.05) is 121 Å². The average Bonchev–Trinajstić information content (AvgIpc) is 3.37. The molecule has 0 aromatic heterocycles. The number of benzene rings is 5. The maximum atomic E-state index is 14.8. The predicted octanol–water partition coefficient (Wildman–Crippen LogP) is 7.86. The molecule has 2 aliphatic heterocycles. The molecule has 0 spiro atoms. The highest BCUT2D eigenvalue weighted by Crippen LogP contribution is 2.47. The molecule has 0 unspecified atom stereocenters. The summed E-state index contributed by atoms with van der Waals surface area (Å²) in [5.74, 6) is 0. The maximum Gasteiger partial charge on any atom is 0.171 e. The van der Waals surface area contributed by atoms with E-state index in [4.69, 9.17) is 4.98 Å². The molecule has 37 heavy (non-hydrogen) atoms. The Balaban J connectivity index is 1.44. The van der Waals surface area contributed by atoms with Gasteiger partial charge in [-0.3, -0.25) is 0 Å². The Morgan fingerprint density at radius 1 is 0.541 bits per heavy atom. The molecule has 7 rings (SSSR count). The zero-order valence-corrected chi connectivity index (χ0v) is 21.6. The molecule has 0 saturated carbocycles. The lowest BCUT2D eigenvalue weighted by Crippen LogP contribution is -2.24. The van der Waals surface area contributed by atoms with Gasteiger partial charge in [0.2, 0.25) is 0 Å². The smallest absolute Gasteiger partial charge is 0.171 e. The highest BCUT2D eigenvalue weighted by molar-refractivity contribution is 7.85. The fourth-order valence-electron chi connectivity index (χ4n) is 5.17. The largest absolute Gasteiger partial charge is 0.309 e. The summed E-state index contributed by atoms with van der Waals surface area (Å²) in [7, 11) is -3.01. The lowest BCUT2D eigenvalue weighted by molar-refractivity contribution is 0.592. The summed E-state index contributed by atoms with van der Waals surface area (Å²) >= 11 is 1.79. The molecule has 4 heteroatoms. The third-order valence-corrected chi connectivity index (χ3v) is 11.3. The minimum Gasteiger partial charge on any atom is -0.309 e. The SMILES string of the molecule is O=P(c1ccccc1)(c1ccccc1)c1ccc(-c2sc3ccccc3c3nc4ccccc4c2-3)cc1. The van der Waals surface area contributed by atoms with Crippen LogP contribution < -0.4 is 15.9 Å². The molecule has 2 aliphatic rings. The Bertz CT molecular complexity index is 1850. The van der Waals surface area contributed by atoms with E-state index in [1.165, 1.54) is 20.5 Å². The van der Waals surface area contributed by atoms with Gasteiger partial charge < -0.3 is 4.57 Å². The van der Waals surface area contributed by atoms with Crippen LogP contribution in [0, 0.1) is 0 Å². The van der Waals surface area contributed by atoms with Crippen LogP contribution in [0.15, 0.2) is 133 Å². The lowest BCUT2D eigenvalue weighted by atomic mass is 10.0. The second kappa shape index (κ2) is 8.81. The Morgan fingerprint density at radius 3 is 1.76 bits per heavy atom. The third-order valence-electron chi connectivity index (χ3n) is 6.96. The highest BCUT2D eigenvalue weighted by atomic mass is 32.1. The van der Waals surface area contributed by atoms with E-state index in [1.54, 1.807) is 11.3 Å². The van der Waals surface area contributed by atoms with E-state index >= 15 is 0 Å². The summed E-state index contributed by atoms with van der Waals surface area (Å²) in [5, 5.41) is 4.86. The van der Waals surface area contributed by atoms with Crippen LogP contribution in [0.25, 0.3) is 42.7 Å². The minimum absolute atomic E-state index is 0.834. The number of rotatable bonds is 4. The van der Waals surface area contributed by atoms with E-state index in [9.17, 15) is 4.57 Å². The number of aromatic nitrogens is 1. The van der Waals surface area contributed by atoms with Crippen molar-refractivity contribution in [2.75, 3.05) is 0 Å². The average molecular weight is 512 g/mol. The molecular weight excluding hydrogens is 489 g/mol. The highest BCUT2D eigenvalue weighted by Gasteiger charge is 2.30. The van der Waals surface area contributed by atoms with Crippen molar-refractivity contribution in [3.05, 3.63) is 133 Å². The van der Waals surface area contributed by atoms with E-state index < -0.39 is 7.14 Å². The second-order valence-electron chi connectivity index (χ2n) is 9.11. The van der Waals surface area contributed by atoms with Crippen LogP contribution in [0.3, 0.4) is 0 Å². The Hall–Kier alpha value is -4.04. The van der Waals surface area contributed by atoms with Gasteiger partial charge in [0.05, 0.1) is 11.2 Å². The Morgan fingerprint density at radius 2 is 1.08 bits per heavy atom. The summed E-state index contributed by atoms with van der Waals surface area (Å²) in [6.07, 6.45) is 0. The van der Waals surface area contributed by atoms with Crippen molar-refractivity contribution < 1.29 is 4.57 Å². The van der Waals surface area contributed by atoms with Crippen LogP contribution in [0.1, 0.15) is 0 Å². The molecule has 0 N–H and O–H groups in total. The number of hydrogen-bond donors (Lipinski definition) is 0. The first-order valence-electron chi connectivity index (χ1n) is 12.3. The summed E-state index contributed by atoms with van der Waals surface area (Å²) in [4.78, 5) is 6.21. The minimum atomic E-state index is -3.01. The van der Waals surface area contributed by atoms with Gasteiger partial charge in [0.1, 0.15) is 0 Å². The standard InChI is InChI=1S/C33H22NOPS/c35-36(24-11-3-1-4-12-24,25-13-5-2-6-14-25)26-21-19-23(20-22-26)33-31-27-15-7-9-17-29(27)34-32(31)28-16-8-10-18-30(28)37-33/h1-22H. The Labute approximate surface area is 219 Å². The van der Waals surface area contributed by atoms with Gasteiger partial charge in [-0.2, -0.15) is 0 Å². The summed E-state index contributed by atoms with van der Waals surface area (Å²) < 4.78 is 16.0. The Kier molecular flexibility index (Phi) is 5.28. The number of fused-ring (bicyclic) bond motifs is 5.